The van der Waals surface area contributed by atoms with Crippen LogP contribution in [0.15, 0.2) is 54.9 Å². The molecular weight excluding hydrogens is 643 g/mol. The minimum Gasteiger partial charge on any atom is -0.492 e. The molecule has 0 saturated carbocycles. The van der Waals surface area contributed by atoms with Crippen molar-refractivity contribution in [2.75, 3.05) is 63.2 Å². The van der Waals surface area contributed by atoms with Crippen molar-refractivity contribution in [3.63, 3.8) is 0 Å². The minimum atomic E-state index is -1.05. The first-order chi connectivity index (χ1) is 23.7. The fourth-order valence-corrected chi connectivity index (χ4v) is 7.77. The van der Waals surface area contributed by atoms with Gasteiger partial charge < -0.3 is 19.4 Å². The smallest absolute Gasteiger partial charge is 0.282 e. The Morgan fingerprint density at radius 2 is 1.88 bits per heavy atom. The van der Waals surface area contributed by atoms with Crippen molar-refractivity contribution in [3.8, 4) is 29.0 Å². The first-order valence-corrected chi connectivity index (χ1v) is 16.8. The summed E-state index contributed by atoms with van der Waals surface area (Å²) in [6, 6.07) is 18.1. The predicted molar refractivity (Wildman–Crippen MR) is 188 cm³/mol. The number of fused-ring (bicyclic) bond motifs is 4. The van der Waals surface area contributed by atoms with Gasteiger partial charge in [-0.2, -0.15) is 15.5 Å². The number of piperazine rings is 1. The molecule has 0 radical (unpaired) electrons. The minimum absolute atomic E-state index is 0.0254. The van der Waals surface area contributed by atoms with Gasteiger partial charge in [0.15, 0.2) is 5.83 Å². The van der Waals surface area contributed by atoms with Gasteiger partial charge in [-0.25, -0.2) is 9.37 Å². The van der Waals surface area contributed by atoms with Crippen LogP contribution in [-0.4, -0.2) is 90.7 Å². The van der Waals surface area contributed by atoms with E-state index in [4.69, 9.17) is 26.3 Å². The number of amides is 1. The summed E-state index contributed by atoms with van der Waals surface area (Å²) in [6.07, 6.45) is 2.02. The lowest BCUT2D eigenvalue weighted by molar-refractivity contribution is -0.131. The topological polar surface area (TPSA) is 113 Å². The predicted octanol–water partition coefficient (Wildman–Crippen LogP) is 5.88. The Hall–Kier alpha value is -4.97. The number of halogens is 2. The molecule has 10 nitrogen and oxygen atoms in total. The monoisotopic (exact) mass is 678 g/mol. The Bertz CT molecular complexity index is 2080. The molecule has 49 heavy (non-hydrogen) atoms. The van der Waals surface area contributed by atoms with Gasteiger partial charge in [-0.1, -0.05) is 48.5 Å². The third-order valence-corrected chi connectivity index (χ3v) is 10.5. The largest absolute Gasteiger partial charge is 0.492 e. The zero-order chi connectivity index (χ0) is 34.4. The van der Waals surface area contributed by atoms with Crippen LogP contribution >= 0.6 is 11.6 Å². The SMILES string of the molecule is C=C(F)C(=O)N1CCN(c2nc(N3CC(CC#N)(N(C)C)C3)nc3cc(-c4cccc5cccc(Cl)c45)c4c(c23)OCCC4)C[C@@H]1CC#N. The summed E-state index contributed by atoms with van der Waals surface area (Å²) in [5.74, 6) is 0.0209. The highest BCUT2D eigenvalue weighted by Crippen LogP contribution is 2.47. The number of likely N-dealkylation sites (N-methyl/N-ethyl adjacent to an activating group) is 1. The van der Waals surface area contributed by atoms with Gasteiger partial charge >= 0.3 is 0 Å². The normalized spacial score (nSPS) is 18.4. The number of ether oxygens (including phenoxy) is 1. The van der Waals surface area contributed by atoms with Gasteiger partial charge in [-0.3, -0.25) is 9.69 Å². The van der Waals surface area contributed by atoms with E-state index in [9.17, 15) is 19.7 Å². The van der Waals surface area contributed by atoms with Gasteiger partial charge in [-0.15, -0.1) is 0 Å². The second kappa shape index (κ2) is 12.8. The fourth-order valence-electron chi connectivity index (χ4n) is 7.49. The summed E-state index contributed by atoms with van der Waals surface area (Å²) < 4.78 is 20.5. The summed E-state index contributed by atoms with van der Waals surface area (Å²) in [6.45, 7) is 5.71. The van der Waals surface area contributed by atoms with E-state index in [-0.39, 0.29) is 25.0 Å². The Morgan fingerprint density at radius 1 is 1.10 bits per heavy atom. The number of hydrogen-bond donors (Lipinski definition) is 0. The fraction of sp³-hybridized carbons (Fsp3) is 0.378. The van der Waals surface area contributed by atoms with Crippen LogP contribution in [0.4, 0.5) is 16.2 Å². The van der Waals surface area contributed by atoms with E-state index in [0.717, 1.165) is 45.7 Å². The number of nitrogens with zero attached hydrogens (tertiary/aromatic N) is 8. The lowest BCUT2D eigenvalue weighted by atomic mass is 9.85. The molecule has 3 aliphatic rings. The molecular formula is C37H36ClFN8O2. The second-order valence-corrected chi connectivity index (χ2v) is 13.7. The molecule has 4 aromatic rings. The van der Waals surface area contributed by atoms with Crippen molar-refractivity contribution in [1.29, 1.82) is 10.5 Å². The maximum atomic E-state index is 14.0. The van der Waals surface area contributed by atoms with Crippen LogP contribution in [0.1, 0.15) is 24.8 Å². The highest BCUT2D eigenvalue weighted by Gasteiger charge is 2.46. The van der Waals surface area contributed by atoms with Crippen LogP contribution in [0, 0.1) is 22.7 Å². The Kier molecular flexibility index (Phi) is 8.52. The van der Waals surface area contributed by atoms with E-state index in [1.54, 1.807) is 0 Å². The van der Waals surface area contributed by atoms with Gasteiger partial charge in [-0.05, 0) is 55.6 Å². The molecule has 2 saturated heterocycles. The van der Waals surface area contributed by atoms with Crippen molar-refractivity contribution in [2.24, 2.45) is 0 Å². The highest BCUT2D eigenvalue weighted by atomic mass is 35.5. The summed E-state index contributed by atoms with van der Waals surface area (Å²) in [5, 5.41) is 22.7. The molecule has 12 heteroatoms. The van der Waals surface area contributed by atoms with Crippen molar-refractivity contribution in [1.82, 2.24) is 19.8 Å². The van der Waals surface area contributed by atoms with Gasteiger partial charge in [0.2, 0.25) is 5.95 Å². The molecule has 1 atom stereocenters. The number of carbonyl (C=O) groups excluding carboxylic acids is 1. The van der Waals surface area contributed by atoms with E-state index in [2.05, 4.69) is 57.7 Å². The lowest BCUT2D eigenvalue weighted by Crippen LogP contribution is -2.69. The average Bonchev–Trinajstić information content (AvgIpc) is 3.08. The van der Waals surface area contributed by atoms with Crippen LogP contribution in [0.2, 0.25) is 5.02 Å². The van der Waals surface area contributed by atoms with E-state index in [1.807, 2.05) is 32.3 Å². The Balaban J connectivity index is 1.42. The summed E-state index contributed by atoms with van der Waals surface area (Å²) >= 11 is 6.83. The molecule has 0 N–H and O–H groups in total. The zero-order valence-electron chi connectivity index (χ0n) is 27.5. The van der Waals surface area contributed by atoms with Crippen LogP contribution in [0.25, 0.3) is 32.8 Å². The van der Waals surface area contributed by atoms with Gasteiger partial charge in [0.05, 0.1) is 54.1 Å². The average molecular weight is 679 g/mol. The molecule has 7 rings (SSSR count). The highest BCUT2D eigenvalue weighted by molar-refractivity contribution is 6.36. The summed E-state index contributed by atoms with van der Waals surface area (Å²) in [7, 11) is 3.96. The summed E-state index contributed by atoms with van der Waals surface area (Å²) in [5.41, 5.74) is 3.40. The Labute approximate surface area is 289 Å². The van der Waals surface area contributed by atoms with E-state index in [1.165, 1.54) is 4.90 Å². The van der Waals surface area contributed by atoms with E-state index in [0.29, 0.717) is 60.7 Å². The molecule has 0 aliphatic carbocycles. The summed E-state index contributed by atoms with van der Waals surface area (Å²) in [4.78, 5) is 30.6. The number of aromatic nitrogens is 2. The number of hydrogen-bond acceptors (Lipinski definition) is 9. The van der Waals surface area contributed by atoms with E-state index >= 15 is 0 Å². The molecule has 3 aliphatic heterocycles. The quantitative estimate of drug-likeness (QED) is 0.221. The maximum absolute atomic E-state index is 14.0. The number of carbonyl (C=O) groups is 1. The lowest BCUT2D eigenvalue weighted by Gasteiger charge is -2.53. The van der Waals surface area contributed by atoms with Gasteiger partial charge in [0.1, 0.15) is 11.6 Å². The first kappa shape index (κ1) is 32.6. The van der Waals surface area contributed by atoms with Crippen LogP contribution in [-0.2, 0) is 11.2 Å². The maximum Gasteiger partial charge on any atom is 0.282 e. The molecule has 1 aromatic heterocycles. The van der Waals surface area contributed by atoms with Crippen LogP contribution in [0.3, 0.4) is 0 Å². The molecule has 250 valence electrons. The first-order valence-electron chi connectivity index (χ1n) is 16.4. The van der Waals surface area contributed by atoms with Crippen molar-refractivity contribution >= 4 is 50.9 Å². The van der Waals surface area contributed by atoms with Crippen molar-refractivity contribution in [2.45, 2.75) is 37.3 Å². The molecule has 2 fully saturated rings. The van der Waals surface area contributed by atoms with E-state index < -0.39 is 17.8 Å². The molecule has 4 heterocycles. The van der Waals surface area contributed by atoms with Gasteiger partial charge in [0, 0.05) is 48.7 Å². The third kappa shape index (κ3) is 5.57. The number of benzene rings is 3. The third-order valence-electron chi connectivity index (χ3n) is 10.2. The van der Waals surface area contributed by atoms with Crippen LogP contribution < -0.4 is 14.5 Å². The number of nitriles is 2. The number of anilines is 2. The Morgan fingerprint density at radius 3 is 2.59 bits per heavy atom. The molecule has 3 aromatic carbocycles. The molecule has 0 spiro atoms. The van der Waals surface area contributed by atoms with Crippen molar-refractivity contribution < 1.29 is 13.9 Å². The molecule has 0 bridgehead atoms. The second-order valence-electron chi connectivity index (χ2n) is 13.2. The zero-order valence-corrected chi connectivity index (χ0v) is 28.3. The molecule has 1 amide bonds. The number of rotatable bonds is 7. The van der Waals surface area contributed by atoms with Gasteiger partial charge in [0.25, 0.3) is 5.91 Å². The van der Waals surface area contributed by atoms with Crippen molar-refractivity contribution in [3.05, 3.63) is 65.5 Å². The molecule has 0 unspecified atom stereocenters. The standard InChI is InChI=1S/C37H36ClFN8O2/c1-23(39)35(48)47-17-16-45(20-25(47)12-14-40)34-32-30(42-36(43-34)46-21-37(22-46,13-15-41)44(2)3)19-28(27-10-6-18-49-33(27)32)26-9-4-7-24-8-5-11-29(38)31(24)26/h4-5,7-9,11,19,25H,1,6,10,12-13,16-18,20-22H2,2-3H3/t25-/m0/s1. The van der Waals surface area contributed by atoms with Crippen LogP contribution in [0.5, 0.6) is 5.75 Å².